The smallest absolute Gasteiger partial charge is 0.335 e. The fraction of sp³-hybridized carbons (Fsp3) is 0.167. The first-order valence-electron chi connectivity index (χ1n) is 7.34. The van der Waals surface area contributed by atoms with E-state index in [0.29, 0.717) is 11.3 Å². The van der Waals surface area contributed by atoms with Crippen LogP contribution in [0.5, 0.6) is 0 Å². The fourth-order valence-corrected chi connectivity index (χ4v) is 2.84. The number of carbonyl (C=O) groups is 2. The molecule has 5 nitrogen and oxygen atoms in total. The maximum absolute atomic E-state index is 11.7. The first-order chi connectivity index (χ1) is 11.6. The second kappa shape index (κ2) is 8.88. The largest absolute Gasteiger partial charge is 0.478 e. The Morgan fingerprint density at radius 3 is 2.54 bits per heavy atom. The monoisotopic (exact) mass is 342 g/mol. The van der Waals surface area contributed by atoms with Crippen LogP contribution in [0.15, 0.2) is 53.6 Å². The van der Waals surface area contributed by atoms with Crippen LogP contribution in [0.2, 0.25) is 0 Å². The molecular formula is C18H18N2O3S. The molecule has 0 atom stereocenters. The van der Waals surface area contributed by atoms with Crippen LogP contribution in [-0.4, -0.2) is 29.0 Å². The van der Waals surface area contributed by atoms with E-state index in [9.17, 15) is 9.59 Å². The zero-order valence-electron chi connectivity index (χ0n) is 13.2. The number of hydrogen-bond donors (Lipinski definition) is 2. The van der Waals surface area contributed by atoms with Crippen LogP contribution in [0, 0.1) is 6.92 Å². The highest BCUT2D eigenvalue weighted by atomic mass is 32.2. The number of rotatable bonds is 7. The van der Waals surface area contributed by atoms with E-state index < -0.39 is 5.97 Å². The van der Waals surface area contributed by atoms with Gasteiger partial charge < -0.3 is 5.11 Å². The van der Waals surface area contributed by atoms with Crippen molar-refractivity contribution in [2.75, 3.05) is 5.75 Å². The van der Waals surface area contributed by atoms with Gasteiger partial charge in [0.05, 0.1) is 17.5 Å². The minimum atomic E-state index is -0.975. The quantitative estimate of drug-likeness (QED) is 0.599. The van der Waals surface area contributed by atoms with E-state index in [0.717, 1.165) is 5.75 Å². The van der Waals surface area contributed by atoms with Crippen LogP contribution in [-0.2, 0) is 10.5 Å². The van der Waals surface area contributed by atoms with Gasteiger partial charge in [-0.05, 0) is 35.7 Å². The zero-order valence-corrected chi connectivity index (χ0v) is 14.0. The maximum Gasteiger partial charge on any atom is 0.335 e. The lowest BCUT2D eigenvalue weighted by Crippen LogP contribution is -2.19. The fourth-order valence-electron chi connectivity index (χ4n) is 1.95. The van der Waals surface area contributed by atoms with Crippen molar-refractivity contribution in [3.8, 4) is 0 Å². The number of nitrogens with zero attached hydrogens (tertiary/aromatic N) is 1. The van der Waals surface area contributed by atoms with Crippen LogP contribution in [0.1, 0.15) is 27.0 Å². The molecule has 0 heterocycles. The van der Waals surface area contributed by atoms with E-state index in [4.69, 9.17) is 5.11 Å². The van der Waals surface area contributed by atoms with Gasteiger partial charge in [0, 0.05) is 5.75 Å². The van der Waals surface area contributed by atoms with Crippen molar-refractivity contribution in [2.45, 2.75) is 12.7 Å². The first kappa shape index (κ1) is 17.7. The minimum Gasteiger partial charge on any atom is -0.478 e. The van der Waals surface area contributed by atoms with Crippen LogP contribution < -0.4 is 5.43 Å². The van der Waals surface area contributed by atoms with Gasteiger partial charge in [-0.1, -0.05) is 36.4 Å². The maximum atomic E-state index is 11.7. The van der Waals surface area contributed by atoms with E-state index in [2.05, 4.69) is 29.6 Å². The van der Waals surface area contributed by atoms with Gasteiger partial charge in [-0.15, -0.1) is 11.8 Å². The van der Waals surface area contributed by atoms with Crippen LogP contribution in [0.3, 0.4) is 0 Å². The summed E-state index contributed by atoms with van der Waals surface area (Å²) in [6, 6.07) is 14.3. The van der Waals surface area contributed by atoms with Crippen molar-refractivity contribution >= 4 is 29.9 Å². The van der Waals surface area contributed by atoms with Gasteiger partial charge in [0.1, 0.15) is 0 Å². The van der Waals surface area contributed by atoms with Gasteiger partial charge in [0.2, 0.25) is 5.91 Å². The first-order valence-corrected chi connectivity index (χ1v) is 8.49. The molecule has 0 aliphatic rings. The highest BCUT2D eigenvalue weighted by Crippen LogP contribution is 2.15. The molecule has 0 saturated heterocycles. The van der Waals surface area contributed by atoms with E-state index in [1.807, 2.05) is 12.1 Å². The number of benzene rings is 2. The van der Waals surface area contributed by atoms with E-state index in [1.54, 1.807) is 12.1 Å². The average molecular weight is 342 g/mol. The zero-order chi connectivity index (χ0) is 17.4. The van der Waals surface area contributed by atoms with E-state index in [1.165, 1.54) is 41.2 Å². The third-order valence-electron chi connectivity index (χ3n) is 3.31. The van der Waals surface area contributed by atoms with Gasteiger partial charge in [-0.2, -0.15) is 5.10 Å². The Hall–Kier alpha value is -2.60. The molecule has 2 rings (SSSR count). The molecule has 6 heteroatoms. The average Bonchev–Trinajstić information content (AvgIpc) is 2.57. The molecule has 0 aromatic heterocycles. The minimum absolute atomic E-state index is 0.174. The molecule has 0 aliphatic carbocycles. The van der Waals surface area contributed by atoms with Crippen molar-refractivity contribution in [2.24, 2.45) is 5.10 Å². The second-order valence-corrected chi connectivity index (χ2v) is 6.13. The molecule has 0 saturated carbocycles. The number of aromatic carboxylic acids is 1. The molecule has 2 aromatic rings. The van der Waals surface area contributed by atoms with Crippen molar-refractivity contribution in [3.05, 3.63) is 70.8 Å². The molecule has 24 heavy (non-hydrogen) atoms. The predicted octanol–water partition coefficient (Wildman–Crippen LogP) is 3.08. The van der Waals surface area contributed by atoms with Crippen molar-refractivity contribution in [3.63, 3.8) is 0 Å². The van der Waals surface area contributed by atoms with Crippen LogP contribution in [0.4, 0.5) is 0 Å². The number of carboxylic acid groups (broad SMARTS) is 1. The van der Waals surface area contributed by atoms with Gasteiger partial charge in [-0.25, -0.2) is 10.2 Å². The van der Waals surface area contributed by atoms with E-state index in [-0.39, 0.29) is 11.5 Å². The molecule has 0 unspecified atom stereocenters. The molecule has 124 valence electrons. The van der Waals surface area contributed by atoms with Crippen molar-refractivity contribution in [1.29, 1.82) is 0 Å². The number of hydrazone groups is 1. The summed E-state index contributed by atoms with van der Waals surface area (Å²) in [5.74, 6) is -0.0474. The summed E-state index contributed by atoms with van der Waals surface area (Å²) in [5, 5.41) is 12.7. The normalized spacial score (nSPS) is 10.7. The predicted molar refractivity (Wildman–Crippen MR) is 96.5 cm³/mol. The number of nitrogens with one attached hydrogen (secondary N) is 1. The summed E-state index contributed by atoms with van der Waals surface area (Å²) in [6.45, 7) is 2.05. The number of hydrogen-bond acceptors (Lipinski definition) is 4. The van der Waals surface area contributed by atoms with Gasteiger partial charge >= 0.3 is 5.97 Å². The summed E-state index contributed by atoms with van der Waals surface area (Å²) in [4.78, 5) is 22.5. The van der Waals surface area contributed by atoms with Crippen LogP contribution >= 0.6 is 11.8 Å². The standard InChI is InChI=1S/C18H18N2O3S/c1-13-4-2-3-5-16(13)11-24-12-17(21)20-19-10-14-6-8-15(9-7-14)18(22)23/h2-10H,11-12H2,1H3,(H,20,21)(H,22,23)/b19-10-. The Morgan fingerprint density at radius 2 is 1.88 bits per heavy atom. The Labute approximate surface area is 144 Å². The van der Waals surface area contributed by atoms with Crippen LogP contribution in [0.25, 0.3) is 0 Å². The third kappa shape index (κ3) is 5.55. The Balaban J connectivity index is 1.74. The molecule has 0 spiro atoms. The lowest BCUT2D eigenvalue weighted by molar-refractivity contribution is -0.118. The molecule has 0 bridgehead atoms. The highest BCUT2D eigenvalue weighted by Gasteiger charge is 2.03. The Morgan fingerprint density at radius 1 is 1.17 bits per heavy atom. The van der Waals surface area contributed by atoms with Crippen molar-refractivity contribution < 1.29 is 14.7 Å². The number of carbonyl (C=O) groups excluding carboxylic acids is 1. The highest BCUT2D eigenvalue weighted by molar-refractivity contribution is 7.99. The van der Waals surface area contributed by atoms with Gasteiger partial charge in [-0.3, -0.25) is 4.79 Å². The van der Waals surface area contributed by atoms with Gasteiger partial charge in [0.25, 0.3) is 0 Å². The Bertz CT molecular complexity index is 742. The summed E-state index contributed by atoms with van der Waals surface area (Å²) in [6.07, 6.45) is 1.48. The Kier molecular flexibility index (Phi) is 6.57. The number of carboxylic acids is 1. The molecule has 0 radical (unpaired) electrons. The van der Waals surface area contributed by atoms with Gasteiger partial charge in [0.15, 0.2) is 0 Å². The molecule has 2 N–H and O–H groups in total. The summed E-state index contributed by atoms with van der Waals surface area (Å²) in [5.41, 5.74) is 5.83. The lowest BCUT2D eigenvalue weighted by Gasteiger charge is -2.04. The lowest BCUT2D eigenvalue weighted by atomic mass is 10.1. The van der Waals surface area contributed by atoms with Crippen molar-refractivity contribution in [1.82, 2.24) is 5.43 Å². The number of aryl methyl sites for hydroxylation is 1. The molecule has 2 aromatic carbocycles. The summed E-state index contributed by atoms with van der Waals surface area (Å²) >= 11 is 1.53. The molecule has 0 aliphatic heterocycles. The molecular weight excluding hydrogens is 324 g/mol. The summed E-state index contributed by atoms with van der Waals surface area (Å²) in [7, 11) is 0. The topological polar surface area (TPSA) is 78.8 Å². The SMILES string of the molecule is Cc1ccccc1CSCC(=O)N/N=C\c1ccc(C(=O)O)cc1. The summed E-state index contributed by atoms with van der Waals surface area (Å²) < 4.78 is 0. The molecule has 0 fully saturated rings. The number of amides is 1. The second-order valence-electron chi connectivity index (χ2n) is 5.14. The third-order valence-corrected chi connectivity index (χ3v) is 4.29. The molecule has 1 amide bonds. The number of thioether (sulfide) groups is 1. The van der Waals surface area contributed by atoms with E-state index >= 15 is 0 Å².